The normalized spacial score (nSPS) is 12.0. The molecule has 1 aromatic rings. The largest absolute Gasteiger partial charge is 0.473 e. The van der Waals surface area contributed by atoms with Gasteiger partial charge in [0.05, 0.1) is 0 Å². The maximum atomic E-state index is 5.56. The van der Waals surface area contributed by atoms with E-state index >= 15 is 0 Å². The number of hydrogen-bond donors (Lipinski definition) is 1. The van der Waals surface area contributed by atoms with Crippen LogP contribution < -0.4 is 10.1 Å². The number of ether oxygens (including phenoxy) is 1. The van der Waals surface area contributed by atoms with Crippen LogP contribution in [0.2, 0.25) is 0 Å². The molecule has 0 unspecified atom stereocenters. The quantitative estimate of drug-likeness (QED) is 0.796. The molecule has 0 radical (unpaired) electrons. The minimum atomic E-state index is 0.0659. The molecule has 0 saturated carbocycles. The van der Waals surface area contributed by atoms with E-state index in [4.69, 9.17) is 4.74 Å². The Hall–Kier alpha value is -1.42. The van der Waals surface area contributed by atoms with Crippen LogP contribution >= 0.6 is 0 Å². The first-order valence-electron chi connectivity index (χ1n) is 5.81. The van der Waals surface area contributed by atoms with Crippen LogP contribution in [0.3, 0.4) is 0 Å². The van der Waals surface area contributed by atoms with Crippen molar-refractivity contribution in [3.05, 3.63) is 30.2 Å². The number of nitrogens with one attached hydrogen (secondary N) is 1. The molecular formula is C13H21N3O. The lowest BCUT2D eigenvalue weighted by molar-refractivity contribution is 0.337. The Bertz CT molecular complexity index is 369. The van der Waals surface area contributed by atoms with Gasteiger partial charge in [0.2, 0.25) is 5.88 Å². The van der Waals surface area contributed by atoms with Crippen LogP contribution in [0.25, 0.3) is 0 Å². The number of aromatic nitrogens is 2. The zero-order chi connectivity index (χ0) is 12.7. The maximum Gasteiger partial charge on any atom is 0.221 e. The summed E-state index contributed by atoms with van der Waals surface area (Å²) in [4.78, 5) is 8.17. The Balaban J connectivity index is 2.64. The predicted octanol–water partition coefficient (Wildman–Crippen LogP) is 2.32. The number of allylic oxidation sites excluding steroid dienone is 1. The maximum absolute atomic E-state index is 5.56. The molecule has 0 aliphatic carbocycles. The molecule has 0 fully saturated rings. The Morgan fingerprint density at radius 1 is 1.41 bits per heavy atom. The van der Waals surface area contributed by atoms with Gasteiger partial charge >= 0.3 is 0 Å². The summed E-state index contributed by atoms with van der Waals surface area (Å²) in [5, 5.41) is 3.39. The summed E-state index contributed by atoms with van der Waals surface area (Å²) in [6.07, 6.45) is 7.19. The van der Waals surface area contributed by atoms with E-state index in [1.165, 1.54) is 6.33 Å². The average molecular weight is 235 g/mol. The van der Waals surface area contributed by atoms with Gasteiger partial charge in [-0.15, -0.1) is 0 Å². The summed E-state index contributed by atoms with van der Waals surface area (Å²) >= 11 is 0. The predicted molar refractivity (Wildman–Crippen MR) is 68.9 cm³/mol. The zero-order valence-corrected chi connectivity index (χ0v) is 11.0. The molecule has 1 rings (SSSR count). The molecule has 17 heavy (non-hydrogen) atoms. The number of rotatable bonds is 5. The minimum Gasteiger partial charge on any atom is -0.473 e. The van der Waals surface area contributed by atoms with E-state index in [1.54, 1.807) is 6.20 Å². The molecule has 0 aromatic carbocycles. The fourth-order valence-corrected chi connectivity index (χ4v) is 1.18. The van der Waals surface area contributed by atoms with Crippen LogP contribution in [0.5, 0.6) is 5.88 Å². The molecule has 0 spiro atoms. The lowest BCUT2D eigenvalue weighted by Gasteiger charge is -2.20. The molecule has 4 heteroatoms. The standard InChI is InChI=1S/C13H21N3O/c1-5-6-7-17-12-11(8-14-10-15-12)9-16-13(2,3)4/h5-6,8,10,16H,7,9H2,1-4H3/b6-5+. The lowest BCUT2D eigenvalue weighted by atomic mass is 10.1. The monoisotopic (exact) mass is 235 g/mol. The van der Waals surface area contributed by atoms with Crippen molar-refractivity contribution in [1.29, 1.82) is 0 Å². The molecule has 4 nitrogen and oxygen atoms in total. The van der Waals surface area contributed by atoms with Crippen LogP contribution in [-0.4, -0.2) is 22.1 Å². The van der Waals surface area contributed by atoms with E-state index in [2.05, 4.69) is 36.1 Å². The molecule has 0 atom stereocenters. The second kappa shape index (κ2) is 6.35. The second-order valence-corrected chi connectivity index (χ2v) is 4.84. The van der Waals surface area contributed by atoms with Gasteiger partial charge in [-0.2, -0.15) is 0 Å². The van der Waals surface area contributed by atoms with Gasteiger partial charge in [-0.05, 0) is 27.7 Å². The third kappa shape index (κ3) is 5.45. The van der Waals surface area contributed by atoms with Crippen molar-refractivity contribution in [3.8, 4) is 5.88 Å². The Morgan fingerprint density at radius 3 is 2.82 bits per heavy atom. The van der Waals surface area contributed by atoms with Gasteiger partial charge in [-0.1, -0.05) is 12.2 Å². The van der Waals surface area contributed by atoms with Crippen LogP contribution in [0.1, 0.15) is 33.3 Å². The average Bonchev–Trinajstić information content (AvgIpc) is 2.27. The first-order chi connectivity index (χ1) is 8.03. The molecule has 0 amide bonds. The first kappa shape index (κ1) is 13.6. The van der Waals surface area contributed by atoms with Crippen molar-refractivity contribution in [1.82, 2.24) is 15.3 Å². The van der Waals surface area contributed by atoms with Gasteiger partial charge in [0.15, 0.2) is 0 Å². The van der Waals surface area contributed by atoms with Crippen molar-refractivity contribution in [2.75, 3.05) is 6.61 Å². The third-order valence-corrected chi connectivity index (χ3v) is 2.11. The van der Waals surface area contributed by atoms with E-state index in [0.29, 0.717) is 19.0 Å². The second-order valence-electron chi connectivity index (χ2n) is 4.84. The van der Waals surface area contributed by atoms with E-state index in [9.17, 15) is 0 Å². The lowest BCUT2D eigenvalue weighted by Crippen LogP contribution is -2.35. The van der Waals surface area contributed by atoms with Crippen molar-refractivity contribution in [2.24, 2.45) is 0 Å². The molecular weight excluding hydrogens is 214 g/mol. The summed E-state index contributed by atoms with van der Waals surface area (Å²) in [6, 6.07) is 0. The highest BCUT2D eigenvalue weighted by Crippen LogP contribution is 2.14. The van der Waals surface area contributed by atoms with Crippen LogP contribution in [0.4, 0.5) is 0 Å². The van der Waals surface area contributed by atoms with Crippen molar-refractivity contribution in [2.45, 2.75) is 39.8 Å². The van der Waals surface area contributed by atoms with E-state index in [1.807, 2.05) is 19.1 Å². The van der Waals surface area contributed by atoms with Gasteiger partial charge in [0.1, 0.15) is 12.9 Å². The molecule has 1 heterocycles. The summed E-state index contributed by atoms with van der Waals surface area (Å²) in [6.45, 7) is 9.57. The van der Waals surface area contributed by atoms with Crippen molar-refractivity contribution >= 4 is 0 Å². The van der Waals surface area contributed by atoms with Crippen molar-refractivity contribution < 1.29 is 4.74 Å². The van der Waals surface area contributed by atoms with E-state index < -0.39 is 0 Å². The Labute approximate surface area is 103 Å². The molecule has 0 saturated heterocycles. The summed E-state index contributed by atoms with van der Waals surface area (Å²) in [5.41, 5.74) is 1.04. The van der Waals surface area contributed by atoms with E-state index in [0.717, 1.165) is 5.56 Å². The molecule has 1 N–H and O–H groups in total. The molecule has 0 aliphatic heterocycles. The van der Waals surface area contributed by atoms with Crippen LogP contribution in [0, 0.1) is 0 Å². The SMILES string of the molecule is C/C=C/COc1ncncc1CNC(C)(C)C. The van der Waals surface area contributed by atoms with Gasteiger partial charge < -0.3 is 10.1 Å². The van der Waals surface area contributed by atoms with E-state index in [-0.39, 0.29) is 5.54 Å². The summed E-state index contributed by atoms with van der Waals surface area (Å²) in [5.74, 6) is 0.648. The van der Waals surface area contributed by atoms with Crippen molar-refractivity contribution in [3.63, 3.8) is 0 Å². The van der Waals surface area contributed by atoms with Gasteiger partial charge in [-0.25, -0.2) is 9.97 Å². The van der Waals surface area contributed by atoms with Crippen LogP contribution in [0.15, 0.2) is 24.7 Å². The Morgan fingerprint density at radius 2 is 2.18 bits per heavy atom. The van der Waals surface area contributed by atoms with Gasteiger partial charge in [-0.3, -0.25) is 0 Å². The molecule has 0 bridgehead atoms. The first-order valence-corrected chi connectivity index (χ1v) is 5.81. The van der Waals surface area contributed by atoms with Gasteiger partial charge in [0.25, 0.3) is 0 Å². The third-order valence-electron chi connectivity index (χ3n) is 2.11. The zero-order valence-electron chi connectivity index (χ0n) is 11.0. The number of hydrogen-bond acceptors (Lipinski definition) is 4. The minimum absolute atomic E-state index is 0.0659. The summed E-state index contributed by atoms with van der Waals surface area (Å²) < 4.78 is 5.56. The highest BCUT2D eigenvalue weighted by Gasteiger charge is 2.11. The Kier molecular flexibility index (Phi) is 5.10. The smallest absolute Gasteiger partial charge is 0.221 e. The highest BCUT2D eigenvalue weighted by molar-refractivity contribution is 5.22. The fourth-order valence-electron chi connectivity index (χ4n) is 1.18. The van der Waals surface area contributed by atoms with Crippen LogP contribution in [-0.2, 0) is 6.54 Å². The summed E-state index contributed by atoms with van der Waals surface area (Å²) in [7, 11) is 0. The molecule has 94 valence electrons. The number of nitrogens with zero attached hydrogens (tertiary/aromatic N) is 2. The topological polar surface area (TPSA) is 47.0 Å². The molecule has 0 aliphatic rings. The van der Waals surface area contributed by atoms with Gasteiger partial charge in [0, 0.05) is 23.8 Å². The molecule has 1 aromatic heterocycles. The fraction of sp³-hybridized carbons (Fsp3) is 0.538. The highest BCUT2D eigenvalue weighted by atomic mass is 16.5.